The third-order valence-electron chi connectivity index (χ3n) is 3.64. The molecule has 1 aliphatic heterocycles. The van der Waals surface area contributed by atoms with Crippen molar-refractivity contribution in [3.63, 3.8) is 0 Å². The first kappa shape index (κ1) is 7.60. The molecule has 3 unspecified atom stereocenters. The smallest absolute Gasteiger partial charge is 0.00953 e. The standard InChI is InChI=1S/C10H19N/c1-8-9-4-2-3-5-10(8)11-7-6-9/h8-11H,2-7H2,1H3. The van der Waals surface area contributed by atoms with Crippen LogP contribution in [0.25, 0.3) is 0 Å². The Balaban J connectivity index is 2.06. The van der Waals surface area contributed by atoms with Crippen LogP contribution < -0.4 is 5.32 Å². The Morgan fingerprint density at radius 2 is 1.91 bits per heavy atom. The first-order valence-electron chi connectivity index (χ1n) is 5.11. The van der Waals surface area contributed by atoms with Gasteiger partial charge in [0.15, 0.2) is 0 Å². The lowest BCUT2D eigenvalue weighted by Crippen LogP contribution is -2.43. The van der Waals surface area contributed by atoms with Gasteiger partial charge in [-0.25, -0.2) is 0 Å². The number of hydrogen-bond donors (Lipinski definition) is 1. The van der Waals surface area contributed by atoms with Crippen LogP contribution in [0.4, 0.5) is 0 Å². The molecule has 0 spiro atoms. The molecule has 2 aliphatic rings. The van der Waals surface area contributed by atoms with Gasteiger partial charge in [-0.05, 0) is 31.2 Å². The highest BCUT2D eigenvalue weighted by Crippen LogP contribution is 2.33. The van der Waals surface area contributed by atoms with Gasteiger partial charge in [-0.1, -0.05) is 26.2 Å². The van der Waals surface area contributed by atoms with E-state index in [-0.39, 0.29) is 0 Å². The summed E-state index contributed by atoms with van der Waals surface area (Å²) >= 11 is 0. The molecule has 1 N–H and O–H groups in total. The van der Waals surface area contributed by atoms with Gasteiger partial charge in [0.2, 0.25) is 0 Å². The maximum atomic E-state index is 3.64. The molecule has 1 aliphatic carbocycles. The first-order valence-corrected chi connectivity index (χ1v) is 5.11. The highest BCUT2D eigenvalue weighted by molar-refractivity contribution is 4.86. The summed E-state index contributed by atoms with van der Waals surface area (Å²) in [6.07, 6.45) is 7.29. The summed E-state index contributed by atoms with van der Waals surface area (Å²) in [4.78, 5) is 0. The SMILES string of the molecule is CC1C2CCCCC1NCC2. The minimum atomic E-state index is 0.858. The molecule has 1 saturated heterocycles. The van der Waals surface area contributed by atoms with Crippen molar-refractivity contribution in [3.05, 3.63) is 0 Å². The Morgan fingerprint density at radius 3 is 2.82 bits per heavy atom. The van der Waals surface area contributed by atoms with Crippen molar-refractivity contribution in [1.29, 1.82) is 0 Å². The normalized spacial score (nSPS) is 45.0. The molecule has 64 valence electrons. The molecular formula is C10H19N. The number of rotatable bonds is 0. The minimum Gasteiger partial charge on any atom is -0.314 e. The van der Waals surface area contributed by atoms with E-state index in [4.69, 9.17) is 0 Å². The summed E-state index contributed by atoms with van der Waals surface area (Å²) in [5.74, 6) is 2.00. The summed E-state index contributed by atoms with van der Waals surface area (Å²) in [5.41, 5.74) is 0. The maximum Gasteiger partial charge on any atom is 0.00953 e. The Labute approximate surface area is 69.6 Å². The van der Waals surface area contributed by atoms with Crippen LogP contribution in [-0.4, -0.2) is 12.6 Å². The van der Waals surface area contributed by atoms with Crippen LogP contribution in [0.1, 0.15) is 39.0 Å². The summed E-state index contributed by atoms with van der Waals surface area (Å²) in [6.45, 7) is 3.71. The van der Waals surface area contributed by atoms with E-state index in [0.717, 1.165) is 17.9 Å². The molecule has 0 radical (unpaired) electrons. The van der Waals surface area contributed by atoms with Gasteiger partial charge >= 0.3 is 0 Å². The van der Waals surface area contributed by atoms with E-state index < -0.39 is 0 Å². The van der Waals surface area contributed by atoms with Crippen LogP contribution >= 0.6 is 0 Å². The summed E-state index contributed by atoms with van der Waals surface area (Å²) in [5, 5.41) is 3.64. The van der Waals surface area contributed by atoms with Crippen LogP contribution in [0.3, 0.4) is 0 Å². The third kappa shape index (κ3) is 1.44. The lowest BCUT2D eigenvalue weighted by Gasteiger charge is -2.34. The summed E-state index contributed by atoms with van der Waals surface area (Å²) in [7, 11) is 0. The van der Waals surface area contributed by atoms with Gasteiger partial charge < -0.3 is 5.32 Å². The quantitative estimate of drug-likeness (QED) is 0.562. The van der Waals surface area contributed by atoms with Crippen molar-refractivity contribution in [2.45, 2.75) is 45.1 Å². The van der Waals surface area contributed by atoms with Crippen molar-refractivity contribution in [1.82, 2.24) is 5.32 Å². The van der Waals surface area contributed by atoms with Crippen molar-refractivity contribution in [2.24, 2.45) is 11.8 Å². The molecule has 3 atom stereocenters. The molecule has 1 saturated carbocycles. The van der Waals surface area contributed by atoms with Crippen molar-refractivity contribution in [3.8, 4) is 0 Å². The third-order valence-corrected chi connectivity index (χ3v) is 3.64. The lowest BCUT2D eigenvalue weighted by molar-refractivity contribution is 0.208. The molecule has 0 aromatic heterocycles. The number of fused-ring (bicyclic) bond motifs is 2. The molecule has 2 bridgehead atoms. The highest BCUT2D eigenvalue weighted by atomic mass is 14.9. The fraction of sp³-hybridized carbons (Fsp3) is 1.00. The Hall–Kier alpha value is -0.0400. The van der Waals surface area contributed by atoms with E-state index >= 15 is 0 Å². The molecule has 1 nitrogen and oxygen atoms in total. The summed E-state index contributed by atoms with van der Waals surface area (Å²) < 4.78 is 0. The Bertz CT molecular complexity index is 119. The second kappa shape index (κ2) is 3.14. The molecule has 1 heterocycles. The largest absolute Gasteiger partial charge is 0.314 e. The van der Waals surface area contributed by atoms with E-state index in [2.05, 4.69) is 12.2 Å². The number of piperidine rings is 1. The van der Waals surface area contributed by atoms with Gasteiger partial charge in [0.25, 0.3) is 0 Å². The monoisotopic (exact) mass is 153 g/mol. The molecule has 2 rings (SSSR count). The van der Waals surface area contributed by atoms with Gasteiger partial charge in [0.1, 0.15) is 0 Å². The van der Waals surface area contributed by atoms with E-state index in [1.165, 1.54) is 38.6 Å². The second-order valence-electron chi connectivity index (χ2n) is 4.25. The average molecular weight is 153 g/mol. The topological polar surface area (TPSA) is 12.0 Å². The fourth-order valence-electron chi connectivity index (χ4n) is 2.77. The molecule has 11 heavy (non-hydrogen) atoms. The zero-order chi connectivity index (χ0) is 7.68. The molecule has 1 heteroatoms. The van der Waals surface area contributed by atoms with Crippen LogP contribution in [0.5, 0.6) is 0 Å². The molecular weight excluding hydrogens is 134 g/mol. The molecule has 0 aromatic carbocycles. The predicted molar refractivity (Wildman–Crippen MR) is 47.5 cm³/mol. The van der Waals surface area contributed by atoms with Gasteiger partial charge in [-0.3, -0.25) is 0 Å². The zero-order valence-electron chi connectivity index (χ0n) is 7.47. The van der Waals surface area contributed by atoms with Gasteiger partial charge in [0.05, 0.1) is 0 Å². The van der Waals surface area contributed by atoms with Gasteiger partial charge in [0, 0.05) is 6.04 Å². The minimum absolute atomic E-state index is 0.858. The van der Waals surface area contributed by atoms with Crippen molar-refractivity contribution < 1.29 is 0 Å². The lowest BCUT2D eigenvalue weighted by atomic mass is 9.81. The van der Waals surface area contributed by atoms with Crippen LogP contribution in [0, 0.1) is 11.8 Å². The molecule has 2 fully saturated rings. The van der Waals surface area contributed by atoms with E-state index in [9.17, 15) is 0 Å². The number of nitrogens with one attached hydrogen (secondary N) is 1. The van der Waals surface area contributed by atoms with Gasteiger partial charge in [-0.15, -0.1) is 0 Å². The van der Waals surface area contributed by atoms with E-state index in [1.807, 2.05) is 0 Å². The molecule has 0 amide bonds. The zero-order valence-corrected chi connectivity index (χ0v) is 7.47. The first-order chi connectivity index (χ1) is 5.38. The van der Waals surface area contributed by atoms with Crippen LogP contribution in [-0.2, 0) is 0 Å². The molecule has 0 aromatic rings. The van der Waals surface area contributed by atoms with Crippen LogP contribution in [0.2, 0.25) is 0 Å². The van der Waals surface area contributed by atoms with Crippen molar-refractivity contribution in [2.75, 3.05) is 6.54 Å². The number of hydrogen-bond acceptors (Lipinski definition) is 1. The Morgan fingerprint density at radius 1 is 1.09 bits per heavy atom. The summed E-state index contributed by atoms with van der Waals surface area (Å²) in [6, 6.07) is 0.858. The van der Waals surface area contributed by atoms with E-state index in [1.54, 1.807) is 0 Å². The van der Waals surface area contributed by atoms with Gasteiger partial charge in [-0.2, -0.15) is 0 Å². The van der Waals surface area contributed by atoms with Crippen LogP contribution in [0.15, 0.2) is 0 Å². The fourth-order valence-corrected chi connectivity index (χ4v) is 2.77. The highest BCUT2D eigenvalue weighted by Gasteiger charge is 2.30. The Kier molecular flexibility index (Phi) is 2.17. The maximum absolute atomic E-state index is 3.64. The van der Waals surface area contributed by atoms with E-state index in [0.29, 0.717) is 0 Å². The van der Waals surface area contributed by atoms with Crippen molar-refractivity contribution >= 4 is 0 Å². The second-order valence-corrected chi connectivity index (χ2v) is 4.25. The predicted octanol–water partition coefficient (Wildman–Crippen LogP) is 2.17. The average Bonchev–Trinajstić information content (AvgIpc) is 2.17.